The maximum absolute atomic E-state index is 3.41. The van der Waals surface area contributed by atoms with Gasteiger partial charge >= 0.3 is 0 Å². The van der Waals surface area contributed by atoms with Crippen molar-refractivity contribution in [2.75, 3.05) is 0 Å². The van der Waals surface area contributed by atoms with Gasteiger partial charge in [-0.2, -0.15) is 0 Å². The summed E-state index contributed by atoms with van der Waals surface area (Å²) in [4.78, 5) is 0. The topological polar surface area (TPSA) is 0 Å². The number of rotatable bonds is 6. The fourth-order valence-electron chi connectivity index (χ4n) is 3.76. The molecule has 0 heterocycles. The SMILES string of the molecule is CCCCCc1ccc(C#CC2=CCC(c3ccc(CC)cc3)CC2)cc1. The largest absolute Gasteiger partial charge is 0.0723 e. The summed E-state index contributed by atoms with van der Waals surface area (Å²) < 4.78 is 0. The second-order valence-electron chi connectivity index (χ2n) is 7.70. The van der Waals surface area contributed by atoms with Crippen molar-refractivity contribution in [3.8, 4) is 11.8 Å². The van der Waals surface area contributed by atoms with E-state index in [1.165, 1.54) is 54.4 Å². The van der Waals surface area contributed by atoms with E-state index in [0.717, 1.165) is 24.8 Å². The summed E-state index contributed by atoms with van der Waals surface area (Å²) in [6.45, 7) is 4.46. The molecule has 0 saturated carbocycles. The van der Waals surface area contributed by atoms with Gasteiger partial charge in [0.1, 0.15) is 0 Å². The standard InChI is InChI=1S/C27H32/c1-3-5-6-7-23-8-10-24(11-9-23)12-13-25-16-20-27(21-17-25)26-18-14-22(4-2)15-19-26/h8-11,14-16,18-19,27H,3-7,17,20-21H2,1-2H3. The molecule has 0 saturated heterocycles. The smallest absolute Gasteiger partial charge is 0.0249 e. The van der Waals surface area contributed by atoms with E-state index in [9.17, 15) is 0 Å². The van der Waals surface area contributed by atoms with Crippen molar-refractivity contribution in [3.63, 3.8) is 0 Å². The van der Waals surface area contributed by atoms with Crippen LogP contribution < -0.4 is 0 Å². The molecule has 1 aliphatic carbocycles. The van der Waals surface area contributed by atoms with Crippen molar-refractivity contribution >= 4 is 0 Å². The Morgan fingerprint density at radius 3 is 2.22 bits per heavy atom. The van der Waals surface area contributed by atoms with E-state index in [0.29, 0.717) is 5.92 Å². The van der Waals surface area contributed by atoms with E-state index < -0.39 is 0 Å². The van der Waals surface area contributed by atoms with Crippen molar-refractivity contribution in [3.05, 3.63) is 82.4 Å². The second kappa shape index (κ2) is 10.2. The lowest BCUT2D eigenvalue weighted by Crippen LogP contribution is -2.03. The molecule has 2 aromatic carbocycles. The Morgan fingerprint density at radius 2 is 1.59 bits per heavy atom. The van der Waals surface area contributed by atoms with Crippen LogP contribution in [0.5, 0.6) is 0 Å². The van der Waals surface area contributed by atoms with Crippen LogP contribution >= 0.6 is 0 Å². The van der Waals surface area contributed by atoms with Crippen LogP contribution in [0.4, 0.5) is 0 Å². The number of aryl methyl sites for hydroxylation is 2. The van der Waals surface area contributed by atoms with Gasteiger partial charge in [-0.05, 0) is 78.8 Å². The molecular weight excluding hydrogens is 324 g/mol. The fraction of sp³-hybridized carbons (Fsp3) is 0.407. The van der Waals surface area contributed by atoms with Crippen molar-refractivity contribution in [2.24, 2.45) is 0 Å². The zero-order chi connectivity index (χ0) is 18.9. The number of hydrogen-bond acceptors (Lipinski definition) is 0. The molecule has 1 aliphatic rings. The molecule has 0 heteroatoms. The highest BCUT2D eigenvalue weighted by Gasteiger charge is 2.15. The molecular formula is C27H32. The first kappa shape index (κ1) is 19.5. The van der Waals surface area contributed by atoms with E-state index in [-0.39, 0.29) is 0 Å². The van der Waals surface area contributed by atoms with Crippen LogP contribution in [0, 0.1) is 11.8 Å². The first-order valence-electron chi connectivity index (χ1n) is 10.7. The van der Waals surface area contributed by atoms with Crippen molar-refractivity contribution < 1.29 is 0 Å². The summed E-state index contributed by atoms with van der Waals surface area (Å²) in [6, 6.07) is 18.0. The molecule has 2 aromatic rings. The predicted molar refractivity (Wildman–Crippen MR) is 117 cm³/mol. The predicted octanol–water partition coefficient (Wildman–Crippen LogP) is 7.23. The Bertz CT molecular complexity index is 794. The first-order valence-corrected chi connectivity index (χ1v) is 10.7. The molecule has 0 N–H and O–H groups in total. The number of benzene rings is 2. The quantitative estimate of drug-likeness (QED) is 0.378. The van der Waals surface area contributed by atoms with Gasteiger partial charge in [0.2, 0.25) is 0 Å². The minimum atomic E-state index is 0.656. The van der Waals surface area contributed by atoms with Gasteiger partial charge in [0.25, 0.3) is 0 Å². The molecule has 1 atom stereocenters. The minimum absolute atomic E-state index is 0.656. The average Bonchev–Trinajstić information content (AvgIpc) is 2.74. The highest BCUT2D eigenvalue weighted by molar-refractivity contribution is 5.42. The van der Waals surface area contributed by atoms with Gasteiger partial charge in [0.15, 0.2) is 0 Å². The zero-order valence-electron chi connectivity index (χ0n) is 16.9. The Labute approximate surface area is 165 Å². The first-order chi connectivity index (χ1) is 13.3. The van der Waals surface area contributed by atoms with E-state index in [1.54, 1.807) is 0 Å². The molecule has 1 unspecified atom stereocenters. The molecule has 0 nitrogen and oxygen atoms in total. The summed E-state index contributed by atoms with van der Waals surface area (Å²) in [5.74, 6) is 7.43. The van der Waals surface area contributed by atoms with E-state index in [2.05, 4.69) is 80.3 Å². The van der Waals surface area contributed by atoms with Gasteiger partial charge < -0.3 is 0 Å². The van der Waals surface area contributed by atoms with Crippen molar-refractivity contribution in [1.82, 2.24) is 0 Å². The third-order valence-electron chi connectivity index (χ3n) is 5.66. The summed E-state index contributed by atoms with van der Waals surface area (Å²) >= 11 is 0. The van der Waals surface area contributed by atoms with Gasteiger partial charge in [-0.3, -0.25) is 0 Å². The Balaban J connectivity index is 1.55. The Kier molecular flexibility index (Phi) is 7.35. The van der Waals surface area contributed by atoms with Gasteiger partial charge in [-0.1, -0.05) is 81.0 Å². The van der Waals surface area contributed by atoms with Gasteiger partial charge in [0, 0.05) is 5.56 Å². The summed E-state index contributed by atoms with van der Waals surface area (Å²) in [5, 5.41) is 0. The molecule has 0 bridgehead atoms. The Morgan fingerprint density at radius 1 is 0.852 bits per heavy atom. The molecule has 0 aliphatic heterocycles. The molecule has 0 fully saturated rings. The van der Waals surface area contributed by atoms with Crippen LogP contribution in [-0.4, -0.2) is 0 Å². The molecule has 0 spiro atoms. The summed E-state index contributed by atoms with van der Waals surface area (Å²) in [7, 11) is 0. The van der Waals surface area contributed by atoms with Crippen LogP contribution in [0.2, 0.25) is 0 Å². The molecule has 140 valence electrons. The maximum atomic E-state index is 3.41. The van der Waals surface area contributed by atoms with Gasteiger partial charge in [-0.25, -0.2) is 0 Å². The number of hydrogen-bond donors (Lipinski definition) is 0. The van der Waals surface area contributed by atoms with Crippen LogP contribution in [0.25, 0.3) is 0 Å². The van der Waals surface area contributed by atoms with Crippen LogP contribution in [0.15, 0.2) is 60.2 Å². The third kappa shape index (κ3) is 5.86. The van der Waals surface area contributed by atoms with E-state index in [1.807, 2.05) is 0 Å². The highest BCUT2D eigenvalue weighted by Crippen LogP contribution is 2.32. The minimum Gasteiger partial charge on any atom is -0.0723 e. The number of unbranched alkanes of at least 4 members (excludes halogenated alkanes) is 2. The van der Waals surface area contributed by atoms with Gasteiger partial charge in [-0.15, -0.1) is 0 Å². The van der Waals surface area contributed by atoms with E-state index in [4.69, 9.17) is 0 Å². The number of allylic oxidation sites excluding steroid dienone is 2. The molecule has 3 rings (SSSR count). The monoisotopic (exact) mass is 356 g/mol. The molecule has 0 radical (unpaired) electrons. The van der Waals surface area contributed by atoms with Crippen molar-refractivity contribution in [2.45, 2.75) is 71.1 Å². The highest BCUT2D eigenvalue weighted by atomic mass is 14.2. The van der Waals surface area contributed by atoms with Crippen LogP contribution in [-0.2, 0) is 12.8 Å². The van der Waals surface area contributed by atoms with Crippen LogP contribution in [0.3, 0.4) is 0 Å². The zero-order valence-corrected chi connectivity index (χ0v) is 16.9. The summed E-state index contributed by atoms with van der Waals surface area (Å²) in [5.41, 5.74) is 6.78. The normalized spacial score (nSPS) is 16.4. The van der Waals surface area contributed by atoms with E-state index >= 15 is 0 Å². The average molecular weight is 357 g/mol. The summed E-state index contributed by atoms with van der Waals surface area (Å²) in [6.07, 6.45) is 12.0. The maximum Gasteiger partial charge on any atom is 0.0249 e. The molecule has 0 aromatic heterocycles. The molecule has 0 amide bonds. The lowest BCUT2D eigenvalue weighted by Gasteiger charge is -2.20. The molecule has 27 heavy (non-hydrogen) atoms. The Hall–Kier alpha value is -2.26. The van der Waals surface area contributed by atoms with Gasteiger partial charge in [0.05, 0.1) is 0 Å². The van der Waals surface area contributed by atoms with Crippen molar-refractivity contribution in [1.29, 1.82) is 0 Å². The lowest BCUT2D eigenvalue weighted by atomic mass is 9.84. The third-order valence-corrected chi connectivity index (χ3v) is 5.66. The second-order valence-corrected chi connectivity index (χ2v) is 7.70. The van der Waals surface area contributed by atoms with Crippen LogP contribution in [0.1, 0.15) is 80.5 Å². The lowest BCUT2D eigenvalue weighted by molar-refractivity contribution is 0.607. The fourth-order valence-corrected chi connectivity index (χ4v) is 3.76.